The smallest absolute Gasteiger partial charge is 0.226 e. The van der Waals surface area contributed by atoms with Crippen molar-refractivity contribution < 1.29 is 4.79 Å². The monoisotopic (exact) mass is 369 g/mol. The van der Waals surface area contributed by atoms with Gasteiger partial charge in [-0.1, -0.05) is 24.8 Å². The molecule has 3 aromatic rings. The minimum Gasteiger partial charge on any atom is -0.359 e. The maximum Gasteiger partial charge on any atom is 0.226 e. The third kappa shape index (κ3) is 3.14. The van der Waals surface area contributed by atoms with E-state index in [9.17, 15) is 10.1 Å². The predicted octanol–water partition coefficient (Wildman–Crippen LogP) is 4.22. The Kier molecular flexibility index (Phi) is 4.42. The van der Waals surface area contributed by atoms with Crippen LogP contribution in [0.1, 0.15) is 22.3 Å². The lowest BCUT2D eigenvalue weighted by Gasteiger charge is -2.20. The number of para-hydroxylation sites is 1. The van der Waals surface area contributed by atoms with Crippen LogP contribution >= 0.6 is 0 Å². The number of hydrogen-bond acceptors (Lipinski definition) is 5. The summed E-state index contributed by atoms with van der Waals surface area (Å²) in [6, 6.07) is 15.3. The summed E-state index contributed by atoms with van der Waals surface area (Å²) in [6.45, 7) is 3.95. The number of benzene rings is 2. The number of nitrogens with one attached hydrogen (secondary N) is 2. The van der Waals surface area contributed by atoms with Crippen molar-refractivity contribution in [3.8, 4) is 6.07 Å². The van der Waals surface area contributed by atoms with Crippen LogP contribution in [0, 0.1) is 11.3 Å². The van der Waals surface area contributed by atoms with E-state index in [-0.39, 0.29) is 5.71 Å². The zero-order valence-corrected chi connectivity index (χ0v) is 15.5. The van der Waals surface area contributed by atoms with Crippen LogP contribution in [0.15, 0.2) is 66.0 Å². The normalized spacial score (nSPS) is 13.6. The largest absolute Gasteiger partial charge is 0.359 e. The summed E-state index contributed by atoms with van der Waals surface area (Å²) in [6.07, 6.45) is 3.50. The highest BCUT2D eigenvalue weighted by Crippen LogP contribution is 2.28. The van der Waals surface area contributed by atoms with Crippen LogP contribution in [0.3, 0.4) is 0 Å². The van der Waals surface area contributed by atoms with Crippen LogP contribution < -0.4 is 10.7 Å². The number of Topliss-reactive ketones (excluding diaryl/α,β-unsaturated/α-hetero) is 1. The number of carbonyl (C=O) groups is 1. The topological polar surface area (TPSA) is 82.2 Å². The first-order valence-electron chi connectivity index (χ1n) is 8.97. The minimum atomic E-state index is -0.400. The second-order valence-corrected chi connectivity index (χ2v) is 6.78. The molecule has 4 rings (SSSR count). The molecule has 138 valence electrons. The molecule has 0 saturated carbocycles. The SMILES string of the molecule is C=C1CCc2cc(N/N=C(\C#N)C(=O)c3cn(C)c4ccccc34)ccc2N1. The van der Waals surface area contributed by atoms with Crippen LogP contribution in [0.2, 0.25) is 0 Å². The van der Waals surface area contributed by atoms with Gasteiger partial charge in [0.15, 0.2) is 0 Å². The Morgan fingerprint density at radius 2 is 2.11 bits per heavy atom. The van der Waals surface area contributed by atoms with Crippen molar-refractivity contribution in [2.45, 2.75) is 12.8 Å². The van der Waals surface area contributed by atoms with Crippen molar-refractivity contribution in [2.75, 3.05) is 10.7 Å². The molecule has 0 unspecified atom stereocenters. The van der Waals surface area contributed by atoms with Crippen molar-refractivity contribution in [3.05, 3.63) is 72.1 Å². The van der Waals surface area contributed by atoms with Crippen LogP contribution in [0.4, 0.5) is 11.4 Å². The third-order valence-corrected chi connectivity index (χ3v) is 4.87. The number of rotatable bonds is 4. The summed E-state index contributed by atoms with van der Waals surface area (Å²) in [7, 11) is 1.87. The Bertz CT molecular complexity index is 1180. The predicted molar refractivity (Wildman–Crippen MR) is 111 cm³/mol. The number of ketones is 1. The molecule has 0 bridgehead atoms. The Hall–Kier alpha value is -3.85. The van der Waals surface area contributed by atoms with E-state index in [0.717, 1.165) is 46.4 Å². The average molecular weight is 369 g/mol. The average Bonchev–Trinajstić information content (AvgIpc) is 3.05. The summed E-state index contributed by atoms with van der Waals surface area (Å²) in [5, 5.41) is 17.6. The zero-order valence-electron chi connectivity index (χ0n) is 15.5. The van der Waals surface area contributed by atoms with Crippen molar-refractivity contribution in [3.63, 3.8) is 0 Å². The molecule has 0 aliphatic carbocycles. The van der Waals surface area contributed by atoms with Crippen LogP contribution in [-0.2, 0) is 13.5 Å². The number of aryl methyl sites for hydroxylation is 2. The maximum absolute atomic E-state index is 12.9. The lowest BCUT2D eigenvalue weighted by atomic mass is 10.0. The molecule has 0 amide bonds. The maximum atomic E-state index is 12.9. The highest BCUT2D eigenvalue weighted by atomic mass is 16.1. The second-order valence-electron chi connectivity index (χ2n) is 6.78. The van der Waals surface area contributed by atoms with Gasteiger partial charge in [-0.25, -0.2) is 0 Å². The molecule has 0 radical (unpaired) electrons. The van der Waals surface area contributed by atoms with Crippen LogP contribution in [0.5, 0.6) is 0 Å². The number of hydrogen-bond donors (Lipinski definition) is 2. The molecule has 2 heterocycles. The standard InChI is InChI=1S/C22H19N5O/c1-14-7-8-15-11-16(9-10-19(15)24-14)25-26-20(12-23)22(28)18-13-27(2)21-6-4-3-5-17(18)21/h3-6,9-11,13,24-25H,1,7-8H2,2H3/b26-20+. The van der Waals surface area contributed by atoms with Gasteiger partial charge in [0, 0.05) is 35.5 Å². The molecule has 0 spiro atoms. The van der Waals surface area contributed by atoms with Gasteiger partial charge >= 0.3 is 0 Å². The van der Waals surface area contributed by atoms with Crippen LogP contribution in [-0.4, -0.2) is 16.1 Å². The lowest BCUT2D eigenvalue weighted by Crippen LogP contribution is -2.14. The van der Waals surface area contributed by atoms with Gasteiger partial charge in [0.1, 0.15) is 6.07 Å². The quantitative estimate of drug-likeness (QED) is 0.410. The first kappa shape index (κ1) is 17.6. The van der Waals surface area contributed by atoms with Gasteiger partial charge in [0.25, 0.3) is 0 Å². The second kappa shape index (κ2) is 7.05. The van der Waals surface area contributed by atoms with Gasteiger partial charge in [-0.3, -0.25) is 10.2 Å². The van der Waals surface area contributed by atoms with E-state index in [1.807, 2.05) is 60.1 Å². The van der Waals surface area contributed by atoms with E-state index < -0.39 is 5.78 Å². The van der Waals surface area contributed by atoms with Gasteiger partial charge in [-0.05, 0) is 42.7 Å². The number of hydrazone groups is 1. The molecular weight excluding hydrogens is 350 g/mol. The fourth-order valence-electron chi connectivity index (χ4n) is 3.43. The van der Waals surface area contributed by atoms with Gasteiger partial charge < -0.3 is 9.88 Å². The summed E-state index contributed by atoms with van der Waals surface area (Å²) in [4.78, 5) is 12.9. The van der Waals surface area contributed by atoms with Gasteiger partial charge in [-0.15, -0.1) is 0 Å². The summed E-state index contributed by atoms with van der Waals surface area (Å²) in [5.41, 5.74) is 7.96. The zero-order chi connectivity index (χ0) is 19.7. The molecule has 6 nitrogen and oxygen atoms in total. The molecule has 1 aliphatic heterocycles. The van der Waals surface area contributed by atoms with E-state index in [2.05, 4.69) is 22.4 Å². The van der Waals surface area contributed by atoms with E-state index in [0.29, 0.717) is 5.56 Å². The number of nitrogens with zero attached hydrogens (tertiary/aromatic N) is 3. The van der Waals surface area contributed by atoms with Crippen molar-refractivity contribution in [2.24, 2.45) is 12.1 Å². The molecule has 2 aromatic carbocycles. The Balaban J connectivity index is 1.60. The van der Waals surface area contributed by atoms with E-state index in [4.69, 9.17) is 0 Å². The number of fused-ring (bicyclic) bond motifs is 2. The minimum absolute atomic E-state index is 0.180. The Labute approximate surface area is 162 Å². The molecule has 28 heavy (non-hydrogen) atoms. The number of allylic oxidation sites excluding steroid dienone is 1. The number of anilines is 2. The van der Waals surface area contributed by atoms with Gasteiger partial charge in [-0.2, -0.15) is 10.4 Å². The van der Waals surface area contributed by atoms with Gasteiger partial charge in [0.2, 0.25) is 11.5 Å². The fourth-order valence-corrected chi connectivity index (χ4v) is 3.43. The van der Waals surface area contributed by atoms with Crippen LogP contribution in [0.25, 0.3) is 10.9 Å². The van der Waals surface area contributed by atoms with Gasteiger partial charge in [0.05, 0.1) is 11.3 Å². The number of aromatic nitrogens is 1. The summed E-state index contributed by atoms with van der Waals surface area (Å²) >= 11 is 0. The Morgan fingerprint density at radius 1 is 1.29 bits per heavy atom. The Morgan fingerprint density at radius 3 is 2.93 bits per heavy atom. The van der Waals surface area contributed by atoms with Crippen molar-refractivity contribution in [1.82, 2.24) is 4.57 Å². The molecule has 0 saturated heterocycles. The first-order chi connectivity index (χ1) is 13.6. The summed E-state index contributed by atoms with van der Waals surface area (Å²) in [5.74, 6) is -0.400. The van der Waals surface area contributed by atoms with Crippen molar-refractivity contribution >= 4 is 33.8 Å². The van der Waals surface area contributed by atoms with E-state index in [1.165, 1.54) is 0 Å². The highest BCUT2D eigenvalue weighted by Gasteiger charge is 2.19. The highest BCUT2D eigenvalue weighted by molar-refractivity contribution is 6.53. The van der Waals surface area contributed by atoms with E-state index in [1.54, 1.807) is 6.20 Å². The van der Waals surface area contributed by atoms with Crippen molar-refractivity contribution in [1.29, 1.82) is 5.26 Å². The molecule has 0 atom stereocenters. The molecular formula is C22H19N5O. The molecule has 1 aliphatic rings. The summed E-state index contributed by atoms with van der Waals surface area (Å²) < 4.78 is 1.87. The first-order valence-corrected chi connectivity index (χ1v) is 8.97. The van der Waals surface area contributed by atoms with E-state index >= 15 is 0 Å². The molecule has 6 heteroatoms. The molecule has 1 aromatic heterocycles. The number of nitriles is 1. The number of carbonyl (C=O) groups excluding carboxylic acids is 1. The third-order valence-electron chi connectivity index (χ3n) is 4.87. The lowest BCUT2D eigenvalue weighted by molar-refractivity contribution is 0.106. The fraction of sp³-hybridized carbons (Fsp3) is 0.136. The molecule has 0 fully saturated rings. The molecule has 2 N–H and O–H groups in total.